The molecule has 1 rings (SSSR count). The van der Waals surface area contributed by atoms with Crippen LogP contribution in [0.1, 0.15) is 23.2 Å². The van der Waals surface area contributed by atoms with E-state index >= 15 is 0 Å². The highest BCUT2D eigenvalue weighted by molar-refractivity contribution is 6.17. The van der Waals surface area contributed by atoms with Gasteiger partial charge in [-0.3, -0.25) is 0 Å². The van der Waals surface area contributed by atoms with E-state index in [0.29, 0.717) is 0 Å². The lowest BCUT2D eigenvalue weighted by molar-refractivity contribution is 0.149. The minimum Gasteiger partial charge on any atom is -0.493 e. The van der Waals surface area contributed by atoms with Gasteiger partial charge in [-0.25, -0.2) is 13.8 Å². The standard InChI is InChI=1S/C9H7ClF2N2O/c1-15-8-5(2-10)6(9(11)12)4-14-7(8)3-13/h4,9H,2H2,1H3. The van der Waals surface area contributed by atoms with Crippen molar-refractivity contribution in [2.75, 3.05) is 7.11 Å². The number of halogens is 3. The van der Waals surface area contributed by atoms with Crippen LogP contribution in [0.15, 0.2) is 6.20 Å². The third-order valence-electron chi connectivity index (χ3n) is 1.85. The third kappa shape index (κ3) is 2.16. The Hall–Kier alpha value is -1.41. The zero-order chi connectivity index (χ0) is 11.4. The van der Waals surface area contributed by atoms with Gasteiger partial charge < -0.3 is 4.74 Å². The molecule has 3 nitrogen and oxygen atoms in total. The molecular weight excluding hydrogens is 226 g/mol. The summed E-state index contributed by atoms with van der Waals surface area (Å²) in [6, 6.07) is 1.75. The number of methoxy groups -OCH3 is 1. The average Bonchev–Trinajstić information content (AvgIpc) is 2.26. The summed E-state index contributed by atoms with van der Waals surface area (Å²) in [7, 11) is 1.28. The highest BCUT2D eigenvalue weighted by Crippen LogP contribution is 2.32. The third-order valence-corrected chi connectivity index (χ3v) is 2.12. The number of pyridine rings is 1. The molecule has 1 heterocycles. The number of alkyl halides is 3. The van der Waals surface area contributed by atoms with Crippen molar-refractivity contribution in [2.24, 2.45) is 0 Å². The van der Waals surface area contributed by atoms with Gasteiger partial charge in [-0.05, 0) is 0 Å². The topological polar surface area (TPSA) is 45.9 Å². The van der Waals surface area contributed by atoms with Crippen LogP contribution in [0.5, 0.6) is 5.75 Å². The van der Waals surface area contributed by atoms with E-state index in [1.54, 1.807) is 6.07 Å². The number of hydrogen-bond donors (Lipinski definition) is 0. The van der Waals surface area contributed by atoms with Crippen LogP contribution in [0, 0.1) is 11.3 Å². The van der Waals surface area contributed by atoms with Crippen molar-refractivity contribution < 1.29 is 13.5 Å². The van der Waals surface area contributed by atoms with Crippen LogP contribution >= 0.6 is 11.6 Å². The van der Waals surface area contributed by atoms with Gasteiger partial charge in [0.15, 0.2) is 11.4 Å². The van der Waals surface area contributed by atoms with Crippen LogP contribution in [-0.2, 0) is 5.88 Å². The molecule has 0 unspecified atom stereocenters. The van der Waals surface area contributed by atoms with Gasteiger partial charge in [0.1, 0.15) is 6.07 Å². The maximum Gasteiger partial charge on any atom is 0.265 e. The predicted molar refractivity (Wildman–Crippen MR) is 50.0 cm³/mol. The summed E-state index contributed by atoms with van der Waals surface area (Å²) in [5.74, 6) is -0.134. The van der Waals surface area contributed by atoms with Crippen molar-refractivity contribution in [3.8, 4) is 11.8 Å². The Labute approximate surface area is 90.3 Å². The lowest BCUT2D eigenvalue weighted by Gasteiger charge is -2.11. The van der Waals surface area contributed by atoms with Gasteiger partial charge in [0.25, 0.3) is 6.43 Å². The number of ether oxygens (including phenoxy) is 1. The van der Waals surface area contributed by atoms with Gasteiger partial charge in [-0.2, -0.15) is 5.26 Å². The molecule has 1 aromatic heterocycles. The first-order valence-corrected chi connectivity index (χ1v) is 4.49. The normalized spacial score (nSPS) is 10.1. The second-order valence-electron chi connectivity index (χ2n) is 2.62. The van der Waals surface area contributed by atoms with E-state index in [1.165, 1.54) is 7.11 Å². The predicted octanol–water partition coefficient (Wildman–Crippen LogP) is 2.64. The molecule has 0 saturated heterocycles. The first kappa shape index (κ1) is 11.7. The Morgan fingerprint density at radius 1 is 1.67 bits per heavy atom. The summed E-state index contributed by atoms with van der Waals surface area (Å²) in [6.45, 7) is 0. The first-order valence-electron chi connectivity index (χ1n) is 3.95. The number of aromatic nitrogens is 1. The van der Waals surface area contributed by atoms with Gasteiger partial charge in [-0.15, -0.1) is 11.6 Å². The molecule has 0 aliphatic heterocycles. The molecule has 80 valence electrons. The Kier molecular flexibility index (Phi) is 3.81. The van der Waals surface area contributed by atoms with E-state index in [4.69, 9.17) is 21.6 Å². The van der Waals surface area contributed by atoms with Crippen LogP contribution in [-0.4, -0.2) is 12.1 Å². The first-order chi connectivity index (χ1) is 7.15. The Balaban J connectivity index is 3.42. The Morgan fingerprint density at radius 2 is 2.33 bits per heavy atom. The molecule has 0 aromatic carbocycles. The SMILES string of the molecule is COc1c(C#N)ncc(C(F)F)c1CCl. The monoisotopic (exact) mass is 232 g/mol. The van der Waals surface area contributed by atoms with Crippen molar-refractivity contribution in [1.29, 1.82) is 5.26 Å². The van der Waals surface area contributed by atoms with E-state index in [2.05, 4.69) is 4.98 Å². The average molecular weight is 233 g/mol. The zero-order valence-electron chi connectivity index (χ0n) is 7.80. The number of nitriles is 1. The van der Waals surface area contributed by atoms with Crippen molar-refractivity contribution in [3.63, 3.8) is 0 Å². The van der Waals surface area contributed by atoms with Crippen molar-refractivity contribution in [3.05, 3.63) is 23.0 Å². The molecule has 1 aromatic rings. The number of hydrogen-bond acceptors (Lipinski definition) is 3. The maximum atomic E-state index is 12.5. The Bertz CT molecular complexity index is 404. The summed E-state index contributed by atoms with van der Waals surface area (Å²) in [4.78, 5) is 3.57. The van der Waals surface area contributed by atoms with E-state index in [9.17, 15) is 8.78 Å². The lowest BCUT2D eigenvalue weighted by Crippen LogP contribution is -2.02. The number of nitrogens with zero attached hydrogens (tertiary/aromatic N) is 2. The smallest absolute Gasteiger partial charge is 0.265 e. The number of rotatable bonds is 3. The summed E-state index contributed by atoms with van der Waals surface area (Å²) >= 11 is 5.54. The molecule has 0 aliphatic carbocycles. The summed E-state index contributed by atoms with van der Waals surface area (Å²) in [6.07, 6.45) is -1.74. The van der Waals surface area contributed by atoms with Crippen molar-refractivity contribution >= 4 is 11.6 Å². The minimum absolute atomic E-state index is 0.0188. The minimum atomic E-state index is -2.69. The quantitative estimate of drug-likeness (QED) is 0.753. The van der Waals surface area contributed by atoms with E-state index in [0.717, 1.165) is 6.20 Å². The molecule has 0 saturated carbocycles. The second kappa shape index (κ2) is 4.89. The molecule has 0 atom stereocenters. The molecule has 0 fully saturated rings. The molecule has 0 amide bonds. The van der Waals surface area contributed by atoms with Crippen LogP contribution in [0.25, 0.3) is 0 Å². The van der Waals surface area contributed by atoms with E-state index in [-0.39, 0.29) is 28.5 Å². The highest BCUT2D eigenvalue weighted by atomic mass is 35.5. The fourth-order valence-corrected chi connectivity index (χ4v) is 1.45. The van der Waals surface area contributed by atoms with Gasteiger partial charge in [0.2, 0.25) is 0 Å². The molecule has 15 heavy (non-hydrogen) atoms. The van der Waals surface area contributed by atoms with Crippen molar-refractivity contribution in [2.45, 2.75) is 12.3 Å². The van der Waals surface area contributed by atoms with Crippen molar-refractivity contribution in [1.82, 2.24) is 4.98 Å². The molecule has 0 spiro atoms. The molecule has 0 radical (unpaired) electrons. The largest absolute Gasteiger partial charge is 0.493 e. The van der Waals surface area contributed by atoms with E-state index < -0.39 is 6.43 Å². The Morgan fingerprint density at radius 3 is 2.73 bits per heavy atom. The highest BCUT2D eigenvalue weighted by Gasteiger charge is 2.20. The van der Waals surface area contributed by atoms with Crippen LogP contribution < -0.4 is 4.74 Å². The molecule has 6 heteroatoms. The summed E-state index contributed by atoms with van der Waals surface area (Å²) in [5, 5.41) is 8.68. The zero-order valence-corrected chi connectivity index (χ0v) is 8.55. The lowest BCUT2D eigenvalue weighted by atomic mass is 10.1. The fraction of sp³-hybridized carbons (Fsp3) is 0.333. The maximum absolute atomic E-state index is 12.5. The van der Waals surface area contributed by atoms with Crippen LogP contribution in [0.4, 0.5) is 8.78 Å². The van der Waals surface area contributed by atoms with E-state index in [1.807, 2.05) is 0 Å². The van der Waals surface area contributed by atoms with Gasteiger partial charge in [0, 0.05) is 17.3 Å². The van der Waals surface area contributed by atoms with Crippen LogP contribution in [0.3, 0.4) is 0 Å². The molecular formula is C9H7ClF2N2O. The molecule has 0 N–H and O–H groups in total. The van der Waals surface area contributed by atoms with Gasteiger partial charge >= 0.3 is 0 Å². The second-order valence-corrected chi connectivity index (χ2v) is 2.89. The fourth-order valence-electron chi connectivity index (χ4n) is 1.17. The molecule has 0 aliphatic rings. The van der Waals surface area contributed by atoms with Gasteiger partial charge in [-0.1, -0.05) is 0 Å². The van der Waals surface area contributed by atoms with Gasteiger partial charge in [0.05, 0.1) is 13.0 Å². The molecule has 0 bridgehead atoms. The summed E-state index contributed by atoms with van der Waals surface area (Å²) in [5.41, 5.74) is -0.237. The summed E-state index contributed by atoms with van der Waals surface area (Å²) < 4.78 is 29.9. The van der Waals surface area contributed by atoms with Crippen LogP contribution in [0.2, 0.25) is 0 Å².